The highest BCUT2D eigenvalue weighted by Crippen LogP contribution is 2.05. The first kappa shape index (κ1) is 17.7. The summed E-state index contributed by atoms with van der Waals surface area (Å²) in [6.07, 6.45) is 3.02. The predicted molar refractivity (Wildman–Crippen MR) is 69.6 cm³/mol. The highest BCUT2D eigenvalue weighted by molar-refractivity contribution is 5.66. The van der Waals surface area contributed by atoms with Gasteiger partial charge in [0.15, 0.2) is 0 Å². The van der Waals surface area contributed by atoms with E-state index in [9.17, 15) is 4.79 Å². The van der Waals surface area contributed by atoms with Crippen LogP contribution in [0.3, 0.4) is 0 Å². The molecule has 0 rings (SSSR count). The molecule has 1 N–H and O–H groups in total. The maximum atomic E-state index is 11.1. The minimum absolute atomic E-state index is 0. The van der Waals surface area contributed by atoms with Crippen molar-refractivity contribution < 1.29 is 9.53 Å². The summed E-state index contributed by atoms with van der Waals surface area (Å²) in [5, 5.41) is 2.72. The van der Waals surface area contributed by atoms with Crippen molar-refractivity contribution >= 4 is 6.09 Å². The van der Waals surface area contributed by atoms with Gasteiger partial charge in [0.1, 0.15) is 0 Å². The fourth-order valence-electron chi connectivity index (χ4n) is 1.16. The largest absolute Gasteiger partial charge is 0.450 e. The van der Waals surface area contributed by atoms with Crippen LogP contribution < -0.4 is 5.32 Å². The van der Waals surface area contributed by atoms with Gasteiger partial charge in [0.2, 0.25) is 0 Å². The maximum Gasteiger partial charge on any atom is 0.407 e. The molecule has 0 atom stereocenters. The van der Waals surface area contributed by atoms with Gasteiger partial charge in [-0.15, -0.1) is 0 Å². The molecule has 3 heteroatoms. The van der Waals surface area contributed by atoms with E-state index in [-0.39, 0.29) is 13.5 Å². The normalized spacial score (nSPS) is 10.1. The first-order valence-electron chi connectivity index (χ1n) is 5.93. The van der Waals surface area contributed by atoms with Crippen molar-refractivity contribution in [3.8, 4) is 0 Å². The summed E-state index contributed by atoms with van der Waals surface area (Å²) in [4.78, 5) is 11.1. The molecule has 0 spiro atoms. The van der Waals surface area contributed by atoms with Gasteiger partial charge in [-0.25, -0.2) is 4.79 Å². The van der Waals surface area contributed by atoms with Crippen LogP contribution in [0, 0.1) is 11.8 Å². The molecule has 1 amide bonds. The number of nitrogens with one attached hydrogen (secondary N) is 1. The summed E-state index contributed by atoms with van der Waals surface area (Å²) in [6, 6.07) is 0. The van der Waals surface area contributed by atoms with Crippen molar-refractivity contribution in [2.75, 3.05) is 13.2 Å². The standard InChI is InChI=1S/C12H25NO2.CH4/c1-10(2)7-5-6-8-15-12(14)13-9-11(3)4;/h10-11H,5-9H2,1-4H3,(H,13,14);1H4. The van der Waals surface area contributed by atoms with E-state index >= 15 is 0 Å². The van der Waals surface area contributed by atoms with Gasteiger partial charge < -0.3 is 10.1 Å². The molecule has 0 aliphatic rings. The van der Waals surface area contributed by atoms with Crippen molar-refractivity contribution in [3.05, 3.63) is 0 Å². The van der Waals surface area contributed by atoms with Gasteiger partial charge in [-0.2, -0.15) is 0 Å². The monoisotopic (exact) mass is 231 g/mol. The van der Waals surface area contributed by atoms with Crippen LogP contribution in [-0.4, -0.2) is 19.2 Å². The van der Waals surface area contributed by atoms with Gasteiger partial charge in [-0.05, 0) is 24.7 Å². The molecule has 0 aliphatic carbocycles. The van der Waals surface area contributed by atoms with Crippen LogP contribution in [-0.2, 0) is 4.74 Å². The smallest absolute Gasteiger partial charge is 0.407 e. The molecule has 0 bridgehead atoms. The Balaban J connectivity index is 0. The Bertz CT molecular complexity index is 167. The summed E-state index contributed by atoms with van der Waals surface area (Å²) in [5.74, 6) is 1.21. The van der Waals surface area contributed by atoms with Crippen molar-refractivity contribution in [2.45, 2.75) is 54.4 Å². The average molecular weight is 231 g/mol. The van der Waals surface area contributed by atoms with Crippen LogP contribution in [0.1, 0.15) is 54.4 Å². The number of amides is 1. The number of hydrogen-bond donors (Lipinski definition) is 1. The summed E-state index contributed by atoms with van der Waals surface area (Å²) in [5.41, 5.74) is 0. The van der Waals surface area contributed by atoms with Crippen molar-refractivity contribution in [1.82, 2.24) is 5.32 Å². The maximum absolute atomic E-state index is 11.1. The first-order valence-corrected chi connectivity index (χ1v) is 5.93. The number of alkyl carbamates (subject to hydrolysis) is 1. The van der Waals surface area contributed by atoms with Gasteiger partial charge in [0.25, 0.3) is 0 Å². The molecule has 0 aromatic rings. The number of carbonyl (C=O) groups excluding carboxylic acids is 1. The second-order valence-electron chi connectivity index (χ2n) is 4.80. The van der Waals surface area contributed by atoms with Gasteiger partial charge in [0, 0.05) is 6.54 Å². The highest BCUT2D eigenvalue weighted by Gasteiger charge is 2.02. The fourth-order valence-corrected chi connectivity index (χ4v) is 1.16. The molecule has 3 nitrogen and oxygen atoms in total. The lowest BCUT2D eigenvalue weighted by Crippen LogP contribution is -2.28. The van der Waals surface area contributed by atoms with E-state index in [1.54, 1.807) is 0 Å². The van der Waals surface area contributed by atoms with Crippen LogP contribution in [0.15, 0.2) is 0 Å². The predicted octanol–water partition coefficient (Wildman–Crippen LogP) is 3.83. The van der Waals surface area contributed by atoms with Gasteiger partial charge in [-0.3, -0.25) is 0 Å². The van der Waals surface area contributed by atoms with E-state index in [4.69, 9.17) is 4.74 Å². The Morgan fingerprint density at radius 3 is 2.25 bits per heavy atom. The lowest BCUT2D eigenvalue weighted by molar-refractivity contribution is 0.142. The lowest BCUT2D eigenvalue weighted by Gasteiger charge is -2.09. The number of rotatable bonds is 7. The molecule has 0 fully saturated rings. The van der Waals surface area contributed by atoms with Crippen LogP contribution in [0.2, 0.25) is 0 Å². The minimum Gasteiger partial charge on any atom is -0.450 e. The number of ether oxygens (including phenoxy) is 1. The number of unbranched alkanes of at least 4 members (excludes halogenated alkanes) is 1. The first-order chi connectivity index (χ1) is 7.02. The van der Waals surface area contributed by atoms with E-state index < -0.39 is 0 Å². The molecule has 0 aromatic carbocycles. The minimum atomic E-state index is -0.284. The van der Waals surface area contributed by atoms with Crippen LogP contribution in [0.4, 0.5) is 4.79 Å². The summed E-state index contributed by atoms with van der Waals surface area (Å²) in [6.45, 7) is 9.75. The van der Waals surface area contributed by atoms with Crippen LogP contribution in [0.5, 0.6) is 0 Å². The molecule has 0 saturated carbocycles. The van der Waals surface area contributed by atoms with Crippen molar-refractivity contribution in [2.24, 2.45) is 11.8 Å². The zero-order chi connectivity index (χ0) is 11.7. The SMILES string of the molecule is C.CC(C)CCCCOC(=O)NCC(C)C. The Morgan fingerprint density at radius 2 is 1.75 bits per heavy atom. The molecular formula is C13H29NO2. The molecule has 0 aliphatic heterocycles. The molecule has 98 valence electrons. The van der Waals surface area contributed by atoms with E-state index in [1.165, 1.54) is 6.42 Å². The van der Waals surface area contributed by atoms with E-state index in [0.717, 1.165) is 18.8 Å². The second kappa shape index (κ2) is 10.8. The van der Waals surface area contributed by atoms with Crippen molar-refractivity contribution in [1.29, 1.82) is 0 Å². The average Bonchev–Trinajstić information content (AvgIpc) is 2.13. The number of hydrogen-bond acceptors (Lipinski definition) is 2. The van der Waals surface area contributed by atoms with Gasteiger partial charge >= 0.3 is 6.09 Å². The quantitative estimate of drug-likeness (QED) is 0.676. The number of carbonyl (C=O) groups is 1. The third-order valence-electron chi connectivity index (χ3n) is 2.06. The summed E-state index contributed by atoms with van der Waals surface area (Å²) < 4.78 is 5.02. The van der Waals surface area contributed by atoms with E-state index in [1.807, 2.05) is 0 Å². The lowest BCUT2D eigenvalue weighted by atomic mass is 10.1. The fraction of sp³-hybridized carbons (Fsp3) is 0.923. The van der Waals surface area contributed by atoms with Crippen LogP contribution >= 0.6 is 0 Å². The van der Waals surface area contributed by atoms with E-state index in [0.29, 0.717) is 19.1 Å². The van der Waals surface area contributed by atoms with Crippen LogP contribution in [0.25, 0.3) is 0 Å². The third-order valence-corrected chi connectivity index (χ3v) is 2.06. The second-order valence-corrected chi connectivity index (χ2v) is 4.80. The van der Waals surface area contributed by atoms with Crippen molar-refractivity contribution in [3.63, 3.8) is 0 Å². The molecule has 0 unspecified atom stereocenters. The Kier molecular flexibility index (Phi) is 11.9. The molecule has 0 aromatic heterocycles. The molecular weight excluding hydrogens is 202 g/mol. The Hall–Kier alpha value is -0.730. The highest BCUT2D eigenvalue weighted by atomic mass is 16.5. The summed E-state index contributed by atoms with van der Waals surface area (Å²) >= 11 is 0. The molecule has 0 radical (unpaired) electrons. The zero-order valence-electron chi connectivity index (χ0n) is 10.5. The molecule has 0 saturated heterocycles. The van der Waals surface area contributed by atoms with Gasteiger partial charge in [0.05, 0.1) is 6.61 Å². The third kappa shape index (κ3) is 13.3. The molecule has 0 heterocycles. The topological polar surface area (TPSA) is 38.3 Å². The Labute approximate surface area is 101 Å². The van der Waals surface area contributed by atoms with E-state index in [2.05, 4.69) is 33.0 Å². The molecule has 16 heavy (non-hydrogen) atoms. The Morgan fingerprint density at radius 1 is 1.12 bits per heavy atom. The summed E-state index contributed by atoms with van der Waals surface area (Å²) in [7, 11) is 0. The van der Waals surface area contributed by atoms with Gasteiger partial charge in [-0.1, -0.05) is 41.5 Å². The zero-order valence-corrected chi connectivity index (χ0v) is 10.5.